The highest BCUT2D eigenvalue weighted by Gasteiger charge is 1.55. The quantitative estimate of drug-likeness (QED) is 0.380. The first-order valence-electron chi connectivity index (χ1n) is 2.67. The fraction of sp³-hybridized carbons (Fsp3) is 0.286. The Morgan fingerprint density at radius 3 is 2.38 bits per heavy atom. The van der Waals surface area contributed by atoms with Crippen LogP contribution in [0.5, 0.6) is 0 Å². The van der Waals surface area contributed by atoms with E-state index >= 15 is 0 Å². The summed E-state index contributed by atoms with van der Waals surface area (Å²) in [6.07, 6.45) is 9.29. The summed E-state index contributed by atoms with van der Waals surface area (Å²) in [7, 11) is 0. The zero-order chi connectivity index (χ0) is 6.24. The van der Waals surface area contributed by atoms with Gasteiger partial charge in [0, 0.05) is 12.4 Å². The molecule has 44 valence electrons. The van der Waals surface area contributed by atoms with Crippen molar-refractivity contribution >= 4 is 6.21 Å². The maximum absolute atomic E-state index is 3.85. The highest BCUT2D eigenvalue weighted by molar-refractivity contribution is 5.54. The molecule has 0 unspecified atom stereocenters. The summed E-state index contributed by atoms with van der Waals surface area (Å²) < 4.78 is 0. The molecule has 0 heterocycles. The summed E-state index contributed by atoms with van der Waals surface area (Å²) in [5.74, 6) is 0. The molecule has 0 aromatic heterocycles. The van der Waals surface area contributed by atoms with Crippen LogP contribution in [0.4, 0.5) is 0 Å². The summed E-state index contributed by atoms with van der Waals surface area (Å²) in [4.78, 5) is 3.85. The Hall–Kier alpha value is -0.850. The van der Waals surface area contributed by atoms with E-state index in [0.29, 0.717) is 0 Å². The van der Waals surface area contributed by atoms with Crippen LogP contribution in [0, 0.1) is 0 Å². The third-order valence-electron chi connectivity index (χ3n) is 0.625. The molecule has 0 fully saturated rings. The van der Waals surface area contributed by atoms with E-state index in [1.807, 2.05) is 32.1 Å². The van der Waals surface area contributed by atoms with E-state index in [2.05, 4.69) is 4.99 Å². The fourth-order valence-corrected chi connectivity index (χ4v) is 0.297. The van der Waals surface area contributed by atoms with Crippen molar-refractivity contribution in [3.8, 4) is 0 Å². The lowest BCUT2D eigenvalue weighted by Gasteiger charge is -1.69. The molecule has 0 atom stereocenters. The monoisotopic (exact) mass is 109 g/mol. The Kier molecular flexibility index (Phi) is 5.50. The maximum atomic E-state index is 3.85. The van der Waals surface area contributed by atoms with E-state index in [0.717, 1.165) is 0 Å². The molecule has 0 rings (SSSR count). The lowest BCUT2D eigenvalue weighted by molar-refractivity contribution is 1.57. The Balaban J connectivity index is 3.35. The topological polar surface area (TPSA) is 12.4 Å². The molecule has 0 amide bonds. The molecular formula is C7H11N. The van der Waals surface area contributed by atoms with Crippen LogP contribution in [-0.2, 0) is 0 Å². The van der Waals surface area contributed by atoms with Gasteiger partial charge in [0.05, 0.1) is 0 Å². The van der Waals surface area contributed by atoms with Crippen molar-refractivity contribution in [3.63, 3.8) is 0 Å². The molecule has 1 heteroatoms. The van der Waals surface area contributed by atoms with Crippen molar-refractivity contribution < 1.29 is 0 Å². The smallest absolute Gasteiger partial charge is 0.0263 e. The minimum absolute atomic E-state index is 1.75. The highest BCUT2D eigenvalue weighted by Crippen LogP contribution is 1.75. The van der Waals surface area contributed by atoms with Crippen molar-refractivity contribution in [2.45, 2.75) is 13.8 Å². The minimum Gasteiger partial charge on any atom is -0.269 e. The van der Waals surface area contributed by atoms with Gasteiger partial charge in [-0.1, -0.05) is 12.2 Å². The first-order valence-corrected chi connectivity index (χ1v) is 2.67. The van der Waals surface area contributed by atoms with Gasteiger partial charge in [-0.05, 0) is 19.9 Å². The van der Waals surface area contributed by atoms with Crippen molar-refractivity contribution in [3.05, 3.63) is 24.4 Å². The second-order valence-corrected chi connectivity index (χ2v) is 1.27. The van der Waals surface area contributed by atoms with Crippen molar-refractivity contribution in [1.29, 1.82) is 0 Å². The SMILES string of the molecule is CC=C/C=C\N=CC. The van der Waals surface area contributed by atoms with Gasteiger partial charge in [0.1, 0.15) is 0 Å². The second kappa shape index (κ2) is 6.15. The van der Waals surface area contributed by atoms with Gasteiger partial charge in [0.15, 0.2) is 0 Å². The molecule has 1 nitrogen and oxygen atoms in total. The normalized spacial score (nSPS) is 12.8. The third kappa shape index (κ3) is 5.15. The Morgan fingerprint density at radius 1 is 1.12 bits per heavy atom. The summed E-state index contributed by atoms with van der Waals surface area (Å²) in [6, 6.07) is 0. The van der Waals surface area contributed by atoms with Gasteiger partial charge in [0.2, 0.25) is 0 Å². The lowest BCUT2D eigenvalue weighted by atomic mass is 10.5. The molecule has 0 aliphatic heterocycles. The first kappa shape index (κ1) is 7.15. The highest BCUT2D eigenvalue weighted by atomic mass is 14.6. The van der Waals surface area contributed by atoms with E-state index < -0.39 is 0 Å². The van der Waals surface area contributed by atoms with E-state index in [9.17, 15) is 0 Å². The standard InChI is InChI=1S/C7H11N/c1-3-5-6-7-8-4-2/h3-7H,1-2H3/b5-3?,7-6-,8-4?. The van der Waals surface area contributed by atoms with E-state index in [1.165, 1.54) is 0 Å². The number of hydrogen-bond acceptors (Lipinski definition) is 1. The second-order valence-electron chi connectivity index (χ2n) is 1.27. The van der Waals surface area contributed by atoms with Crippen molar-refractivity contribution in [1.82, 2.24) is 0 Å². The van der Waals surface area contributed by atoms with Crippen LogP contribution in [0.25, 0.3) is 0 Å². The molecule has 0 aliphatic rings. The predicted molar refractivity (Wildman–Crippen MR) is 38.1 cm³/mol. The largest absolute Gasteiger partial charge is 0.269 e. The van der Waals surface area contributed by atoms with Gasteiger partial charge >= 0.3 is 0 Å². The minimum atomic E-state index is 1.75. The molecule has 0 N–H and O–H groups in total. The van der Waals surface area contributed by atoms with Crippen LogP contribution in [0.2, 0.25) is 0 Å². The molecule has 0 radical (unpaired) electrons. The average molecular weight is 109 g/mol. The molecule has 0 aromatic rings. The Bertz CT molecular complexity index is 95.6. The molecule has 0 saturated carbocycles. The van der Waals surface area contributed by atoms with E-state index in [-0.39, 0.29) is 0 Å². The molecule has 0 aliphatic carbocycles. The molecule has 0 spiro atoms. The van der Waals surface area contributed by atoms with Gasteiger partial charge in [-0.2, -0.15) is 0 Å². The van der Waals surface area contributed by atoms with Crippen molar-refractivity contribution in [2.24, 2.45) is 4.99 Å². The molecule has 0 bridgehead atoms. The average Bonchev–Trinajstić information content (AvgIpc) is 1.81. The predicted octanol–water partition coefficient (Wildman–Crippen LogP) is 2.17. The maximum Gasteiger partial charge on any atom is 0.0263 e. The summed E-state index contributed by atoms with van der Waals surface area (Å²) in [5, 5.41) is 0. The van der Waals surface area contributed by atoms with Crippen LogP contribution in [0.15, 0.2) is 29.4 Å². The van der Waals surface area contributed by atoms with Crippen LogP contribution in [0.1, 0.15) is 13.8 Å². The fourth-order valence-electron chi connectivity index (χ4n) is 0.297. The Labute approximate surface area is 50.4 Å². The molecule has 8 heavy (non-hydrogen) atoms. The van der Waals surface area contributed by atoms with Gasteiger partial charge in [-0.3, -0.25) is 4.99 Å². The molecule has 0 aromatic carbocycles. The van der Waals surface area contributed by atoms with Crippen LogP contribution in [-0.4, -0.2) is 6.21 Å². The van der Waals surface area contributed by atoms with Gasteiger partial charge in [0.25, 0.3) is 0 Å². The van der Waals surface area contributed by atoms with Gasteiger partial charge in [-0.15, -0.1) is 0 Å². The molecule has 0 saturated heterocycles. The van der Waals surface area contributed by atoms with Gasteiger partial charge in [-0.25, -0.2) is 0 Å². The van der Waals surface area contributed by atoms with Gasteiger partial charge < -0.3 is 0 Å². The van der Waals surface area contributed by atoms with Crippen LogP contribution >= 0.6 is 0 Å². The Morgan fingerprint density at radius 2 is 1.88 bits per heavy atom. The van der Waals surface area contributed by atoms with Crippen LogP contribution in [0.3, 0.4) is 0 Å². The van der Waals surface area contributed by atoms with E-state index in [4.69, 9.17) is 0 Å². The first-order chi connectivity index (χ1) is 3.91. The zero-order valence-corrected chi connectivity index (χ0v) is 5.33. The summed E-state index contributed by atoms with van der Waals surface area (Å²) in [5.41, 5.74) is 0. The number of rotatable bonds is 2. The van der Waals surface area contributed by atoms with Crippen LogP contribution < -0.4 is 0 Å². The number of hydrogen-bond donors (Lipinski definition) is 0. The summed E-state index contributed by atoms with van der Waals surface area (Å²) >= 11 is 0. The summed E-state index contributed by atoms with van der Waals surface area (Å²) in [6.45, 7) is 3.86. The third-order valence-corrected chi connectivity index (χ3v) is 0.625. The zero-order valence-electron chi connectivity index (χ0n) is 5.33. The number of aliphatic imine (C=N–C) groups is 1. The molecular weight excluding hydrogens is 98.1 g/mol. The van der Waals surface area contributed by atoms with E-state index in [1.54, 1.807) is 12.4 Å². The number of allylic oxidation sites excluding steroid dienone is 3. The lowest BCUT2D eigenvalue weighted by Crippen LogP contribution is -1.52. The number of nitrogens with zero attached hydrogens (tertiary/aromatic N) is 1. The van der Waals surface area contributed by atoms with Crippen molar-refractivity contribution in [2.75, 3.05) is 0 Å².